The van der Waals surface area contributed by atoms with E-state index in [4.69, 9.17) is 16.1 Å². The fourth-order valence-electron chi connectivity index (χ4n) is 3.91. The summed E-state index contributed by atoms with van der Waals surface area (Å²) >= 11 is 9.38. The van der Waals surface area contributed by atoms with Gasteiger partial charge in [0.15, 0.2) is 0 Å². The zero-order chi connectivity index (χ0) is 22.3. The van der Waals surface area contributed by atoms with Gasteiger partial charge in [-0.25, -0.2) is 0 Å². The Morgan fingerprint density at radius 3 is 2.72 bits per heavy atom. The van der Waals surface area contributed by atoms with Crippen molar-refractivity contribution in [1.82, 2.24) is 20.4 Å². The van der Waals surface area contributed by atoms with Crippen LogP contribution in [0.3, 0.4) is 0 Å². The first kappa shape index (κ1) is 23.0. The number of carbonyl (C=O) groups excluding carboxylic acids is 1. The number of amides is 1. The van der Waals surface area contributed by atoms with Crippen LogP contribution in [0.1, 0.15) is 30.7 Å². The molecule has 3 aromatic rings. The molecule has 1 aliphatic heterocycles. The number of aryl methyl sites for hydroxylation is 1. The average molecular weight is 518 g/mol. The first-order chi connectivity index (χ1) is 15.6. The van der Waals surface area contributed by atoms with E-state index in [1.165, 1.54) is 5.56 Å². The van der Waals surface area contributed by atoms with Gasteiger partial charge in [-0.15, -0.1) is 0 Å². The minimum Gasteiger partial charge on any atom is -0.356 e. The van der Waals surface area contributed by atoms with E-state index in [1.807, 2.05) is 48.5 Å². The van der Waals surface area contributed by atoms with Crippen molar-refractivity contribution < 1.29 is 9.32 Å². The van der Waals surface area contributed by atoms with Crippen LogP contribution in [-0.4, -0.2) is 40.6 Å². The Hall–Kier alpha value is -2.22. The molecule has 1 saturated heterocycles. The summed E-state index contributed by atoms with van der Waals surface area (Å²) in [7, 11) is 0. The Balaban J connectivity index is 1.17. The van der Waals surface area contributed by atoms with Crippen LogP contribution in [-0.2, 0) is 17.8 Å². The number of hydrogen-bond acceptors (Lipinski definition) is 5. The van der Waals surface area contributed by atoms with Crippen molar-refractivity contribution in [3.63, 3.8) is 0 Å². The molecule has 0 atom stereocenters. The van der Waals surface area contributed by atoms with Gasteiger partial charge in [0.1, 0.15) is 0 Å². The Morgan fingerprint density at radius 1 is 1.19 bits per heavy atom. The van der Waals surface area contributed by atoms with Gasteiger partial charge in [-0.3, -0.25) is 9.69 Å². The number of rotatable bonds is 8. The molecule has 0 saturated carbocycles. The second kappa shape index (κ2) is 11.1. The molecule has 0 aliphatic carbocycles. The number of hydrogen-bond donors (Lipinski definition) is 1. The molecule has 0 bridgehead atoms. The molecule has 4 rings (SSSR count). The molecule has 168 valence electrons. The van der Waals surface area contributed by atoms with Gasteiger partial charge in [-0.1, -0.05) is 57.0 Å². The molecule has 1 aromatic heterocycles. The van der Waals surface area contributed by atoms with Crippen molar-refractivity contribution in [3.05, 3.63) is 69.5 Å². The number of aromatic nitrogens is 2. The molecule has 1 aliphatic rings. The number of likely N-dealkylation sites (tertiary alicyclic amines) is 1. The van der Waals surface area contributed by atoms with Crippen LogP contribution >= 0.6 is 27.5 Å². The zero-order valence-electron chi connectivity index (χ0n) is 17.8. The van der Waals surface area contributed by atoms with E-state index < -0.39 is 0 Å². The third-order valence-electron chi connectivity index (χ3n) is 5.72. The van der Waals surface area contributed by atoms with Crippen molar-refractivity contribution in [2.45, 2.75) is 32.2 Å². The Labute approximate surface area is 201 Å². The van der Waals surface area contributed by atoms with E-state index in [0.29, 0.717) is 24.8 Å². The maximum atomic E-state index is 12.5. The quantitative estimate of drug-likeness (QED) is 0.420. The van der Waals surface area contributed by atoms with Crippen LogP contribution in [0.2, 0.25) is 5.02 Å². The van der Waals surface area contributed by atoms with Crippen molar-refractivity contribution in [2.24, 2.45) is 5.92 Å². The van der Waals surface area contributed by atoms with Gasteiger partial charge in [-0.2, -0.15) is 4.98 Å². The molecular formula is C24H26BrClN4O2. The number of benzene rings is 2. The molecule has 32 heavy (non-hydrogen) atoms. The Bertz CT molecular complexity index is 1030. The largest absolute Gasteiger partial charge is 0.356 e. The number of piperidine rings is 1. The van der Waals surface area contributed by atoms with Gasteiger partial charge < -0.3 is 9.84 Å². The van der Waals surface area contributed by atoms with Crippen LogP contribution in [0.15, 0.2) is 57.5 Å². The van der Waals surface area contributed by atoms with Crippen LogP contribution in [0.25, 0.3) is 11.4 Å². The van der Waals surface area contributed by atoms with Gasteiger partial charge in [0, 0.05) is 27.5 Å². The lowest BCUT2D eigenvalue weighted by Crippen LogP contribution is -2.40. The van der Waals surface area contributed by atoms with Crippen LogP contribution < -0.4 is 5.32 Å². The summed E-state index contributed by atoms with van der Waals surface area (Å²) in [5.74, 6) is 1.43. The van der Waals surface area contributed by atoms with Gasteiger partial charge in [0.25, 0.3) is 0 Å². The Morgan fingerprint density at radius 2 is 1.97 bits per heavy atom. The predicted octanol–water partition coefficient (Wildman–Crippen LogP) is 5.11. The highest BCUT2D eigenvalue weighted by Crippen LogP contribution is 2.22. The maximum Gasteiger partial charge on any atom is 0.241 e. The lowest BCUT2D eigenvalue weighted by molar-refractivity contribution is -0.126. The summed E-state index contributed by atoms with van der Waals surface area (Å²) in [6, 6.07) is 15.7. The van der Waals surface area contributed by atoms with Gasteiger partial charge in [0.2, 0.25) is 17.6 Å². The summed E-state index contributed by atoms with van der Waals surface area (Å²) in [6.07, 6.45) is 3.54. The van der Waals surface area contributed by atoms with Crippen molar-refractivity contribution in [1.29, 1.82) is 0 Å². The highest BCUT2D eigenvalue weighted by Gasteiger charge is 2.25. The minimum absolute atomic E-state index is 0.0710. The lowest BCUT2D eigenvalue weighted by Gasteiger charge is -2.30. The first-order valence-corrected chi connectivity index (χ1v) is 12.1. The summed E-state index contributed by atoms with van der Waals surface area (Å²) in [5.41, 5.74) is 2.15. The fourth-order valence-corrected chi connectivity index (χ4v) is 4.43. The van der Waals surface area contributed by atoms with Crippen molar-refractivity contribution in [2.75, 3.05) is 19.6 Å². The molecule has 6 nitrogen and oxygen atoms in total. The summed E-state index contributed by atoms with van der Waals surface area (Å²) in [6.45, 7) is 2.99. The topological polar surface area (TPSA) is 71.3 Å². The molecule has 0 radical (unpaired) electrons. The van der Waals surface area contributed by atoms with Crippen LogP contribution in [0.5, 0.6) is 0 Å². The smallest absolute Gasteiger partial charge is 0.241 e. The second-order valence-electron chi connectivity index (χ2n) is 8.09. The summed E-state index contributed by atoms with van der Waals surface area (Å²) < 4.78 is 6.42. The van der Waals surface area contributed by atoms with E-state index in [-0.39, 0.29) is 11.8 Å². The number of carbonyl (C=O) groups is 1. The molecule has 0 unspecified atom stereocenters. The molecule has 2 heterocycles. The van der Waals surface area contributed by atoms with E-state index >= 15 is 0 Å². The van der Waals surface area contributed by atoms with Gasteiger partial charge >= 0.3 is 0 Å². The SMILES string of the molecule is O=C(NCCCc1ccc(Cl)cc1)C1CCN(Cc2nc(-c3cccc(Br)c3)no2)CC1. The molecule has 0 spiro atoms. The number of nitrogens with one attached hydrogen (secondary N) is 1. The third-order valence-corrected chi connectivity index (χ3v) is 6.47. The second-order valence-corrected chi connectivity index (χ2v) is 9.45. The molecule has 1 fully saturated rings. The fraction of sp³-hybridized carbons (Fsp3) is 0.375. The standard InChI is InChI=1S/C24H26BrClN4O2/c25-20-5-1-4-19(15-20)23-28-22(32-29-23)16-30-13-10-18(11-14-30)24(31)27-12-2-3-17-6-8-21(26)9-7-17/h1,4-9,15,18H,2-3,10-14,16H2,(H,27,31). The van der Waals surface area contributed by atoms with E-state index in [9.17, 15) is 4.79 Å². The first-order valence-electron chi connectivity index (χ1n) is 10.9. The average Bonchev–Trinajstić information content (AvgIpc) is 3.27. The monoisotopic (exact) mass is 516 g/mol. The molecular weight excluding hydrogens is 492 g/mol. The highest BCUT2D eigenvalue weighted by atomic mass is 79.9. The number of nitrogens with zero attached hydrogens (tertiary/aromatic N) is 3. The van der Waals surface area contributed by atoms with Gasteiger partial charge in [0.05, 0.1) is 6.54 Å². The lowest BCUT2D eigenvalue weighted by atomic mass is 9.96. The summed E-state index contributed by atoms with van der Waals surface area (Å²) in [4.78, 5) is 19.3. The van der Waals surface area contributed by atoms with Crippen LogP contribution in [0, 0.1) is 5.92 Å². The van der Waals surface area contributed by atoms with E-state index in [2.05, 4.69) is 36.3 Å². The highest BCUT2D eigenvalue weighted by molar-refractivity contribution is 9.10. The molecule has 2 aromatic carbocycles. The normalized spacial score (nSPS) is 15.1. The Kier molecular flexibility index (Phi) is 7.95. The molecule has 1 N–H and O–H groups in total. The molecule has 8 heteroatoms. The predicted molar refractivity (Wildman–Crippen MR) is 128 cm³/mol. The zero-order valence-corrected chi connectivity index (χ0v) is 20.1. The van der Waals surface area contributed by atoms with E-state index in [1.54, 1.807) is 0 Å². The maximum absolute atomic E-state index is 12.5. The minimum atomic E-state index is 0.0710. The van der Waals surface area contributed by atoms with Crippen molar-refractivity contribution >= 4 is 33.4 Å². The van der Waals surface area contributed by atoms with Crippen molar-refractivity contribution in [3.8, 4) is 11.4 Å². The number of halogens is 2. The van der Waals surface area contributed by atoms with Gasteiger partial charge in [-0.05, 0) is 68.6 Å². The third kappa shape index (κ3) is 6.40. The molecule has 1 amide bonds. The van der Waals surface area contributed by atoms with Crippen LogP contribution in [0.4, 0.5) is 0 Å². The summed E-state index contributed by atoms with van der Waals surface area (Å²) in [5, 5.41) is 7.94. The van der Waals surface area contributed by atoms with E-state index in [0.717, 1.165) is 53.8 Å².